The molecule has 2 N–H and O–H groups in total. The molecule has 0 spiro atoms. The molecule has 0 aliphatic heterocycles. The smallest absolute Gasteiger partial charge is 0.247 e. The number of nitrogens with zero attached hydrogens (tertiary/aromatic N) is 2. The van der Waals surface area contributed by atoms with E-state index in [9.17, 15) is 14.0 Å². The largest absolute Gasteiger partial charge is 0.421 e. The predicted molar refractivity (Wildman–Crippen MR) is 109 cm³/mol. The highest BCUT2D eigenvalue weighted by molar-refractivity contribution is 5.79. The molecule has 1 heterocycles. The molecule has 0 aliphatic carbocycles. The maximum absolute atomic E-state index is 13.1. The summed E-state index contributed by atoms with van der Waals surface area (Å²) in [4.78, 5) is 23.8. The van der Waals surface area contributed by atoms with Gasteiger partial charge in [0.2, 0.25) is 23.6 Å². The lowest BCUT2D eigenvalue weighted by Crippen LogP contribution is -2.35. The molecule has 30 heavy (non-hydrogen) atoms. The fourth-order valence-corrected chi connectivity index (χ4v) is 2.77. The summed E-state index contributed by atoms with van der Waals surface area (Å²) in [6.07, 6.45) is 0.621. The summed E-state index contributed by atoms with van der Waals surface area (Å²) in [6, 6.07) is 13.6. The molecule has 7 nitrogen and oxygen atoms in total. The van der Waals surface area contributed by atoms with E-state index in [4.69, 9.17) is 4.42 Å². The predicted octanol–water partition coefficient (Wildman–Crippen LogP) is 2.59. The lowest BCUT2D eigenvalue weighted by molar-refractivity contribution is -0.122. The number of amides is 2. The van der Waals surface area contributed by atoms with Gasteiger partial charge in [0.15, 0.2) is 0 Å². The summed E-state index contributed by atoms with van der Waals surface area (Å²) >= 11 is 0. The second kappa shape index (κ2) is 10.3. The summed E-state index contributed by atoms with van der Waals surface area (Å²) in [5.41, 5.74) is 2.57. The van der Waals surface area contributed by atoms with E-state index in [2.05, 4.69) is 20.8 Å². The number of carbonyl (C=O) groups excluding carboxylic acids is 2. The van der Waals surface area contributed by atoms with Gasteiger partial charge in [-0.05, 0) is 36.8 Å². The molecule has 1 aromatic heterocycles. The number of hydrogen-bond acceptors (Lipinski definition) is 5. The maximum atomic E-state index is 13.1. The summed E-state index contributed by atoms with van der Waals surface area (Å²) in [5.74, 6) is 0.0316. The van der Waals surface area contributed by atoms with Crippen LogP contribution in [0.1, 0.15) is 23.4 Å². The van der Waals surface area contributed by atoms with Crippen LogP contribution >= 0.6 is 0 Å². The number of halogens is 1. The first-order valence-corrected chi connectivity index (χ1v) is 9.67. The fraction of sp³-hybridized carbons (Fsp3) is 0.273. The molecule has 3 rings (SSSR count). The van der Waals surface area contributed by atoms with Gasteiger partial charge in [-0.1, -0.05) is 29.8 Å². The number of rotatable bonds is 9. The van der Waals surface area contributed by atoms with Crippen molar-refractivity contribution < 1.29 is 18.4 Å². The number of aryl methyl sites for hydroxylation is 2. The van der Waals surface area contributed by atoms with Crippen LogP contribution in [0.4, 0.5) is 4.39 Å². The number of carbonyl (C=O) groups is 2. The van der Waals surface area contributed by atoms with E-state index >= 15 is 0 Å². The number of hydrogen-bond donors (Lipinski definition) is 2. The minimum atomic E-state index is -0.375. The van der Waals surface area contributed by atoms with Crippen molar-refractivity contribution in [2.24, 2.45) is 0 Å². The molecule has 0 fully saturated rings. The average Bonchev–Trinajstić information content (AvgIpc) is 3.19. The Morgan fingerprint density at radius 1 is 1.00 bits per heavy atom. The van der Waals surface area contributed by atoms with Crippen LogP contribution in [0, 0.1) is 12.7 Å². The maximum Gasteiger partial charge on any atom is 0.247 e. The second-order valence-corrected chi connectivity index (χ2v) is 6.87. The molecule has 156 valence electrons. The summed E-state index contributed by atoms with van der Waals surface area (Å²) in [7, 11) is 0. The molecular weight excluding hydrogens is 387 g/mol. The Morgan fingerprint density at radius 3 is 2.47 bits per heavy atom. The van der Waals surface area contributed by atoms with Crippen LogP contribution < -0.4 is 10.6 Å². The highest BCUT2D eigenvalue weighted by Gasteiger charge is 2.10. The lowest BCUT2D eigenvalue weighted by Gasteiger charge is -2.07. The van der Waals surface area contributed by atoms with E-state index in [1.807, 2.05) is 31.2 Å². The Bertz CT molecular complexity index is 1000. The first-order chi connectivity index (χ1) is 14.5. The number of aromatic nitrogens is 2. The van der Waals surface area contributed by atoms with E-state index in [0.29, 0.717) is 30.3 Å². The molecule has 0 saturated heterocycles. The molecule has 0 aliphatic rings. The number of nitrogens with one attached hydrogen (secondary N) is 2. The van der Waals surface area contributed by atoms with E-state index in [0.717, 1.165) is 11.1 Å². The van der Waals surface area contributed by atoms with E-state index in [1.54, 1.807) is 12.1 Å². The van der Waals surface area contributed by atoms with Gasteiger partial charge < -0.3 is 15.1 Å². The van der Waals surface area contributed by atoms with Crippen LogP contribution in [0.3, 0.4) is 0 Å². The minimum Gasteiger partial charge on any atom is -0.421 e. The van der Waals surface area contributed by atoms with Gasteiger partial charge in [0.25, 0.3) is 0 Å². The highest BCUT2D eigenvalue weighted by atomic mass is 19.1. The van der Waals surface area contributed by atoms with Crippen LogP contribution in [0.25, 0.3) is 11.5 Å². The lowest BCUT2D eigenvalue weighted by atomic mass is 10.1. The third-order valence-electron chi connectivity index (χ3n) is 4.35. The first kappa shape index (κ1) is 21.2. The first-order valence-electron chi connectivity index (χ1n) is 9.67. The van der Waals surface area contributed by atoms with E-state index in [-0.39, 0.29) is 37.0 Å². The summed E-state index contributed by atoms with van der Waals surface area (Å²) in [5, 5.41) is 13.4. The summed E-state index contributed by atoms with van der Waals surface area (Å²) < 4.78 is 18.7. The molecular formula is C22H23FN4O3. The van der Waals surface area contributed by atoms with Gasteiger partial charge in [-0.15, -0.1) is 10.2 Å². The third kappa shape index (κ3) is 6.51. The van der Waals surface area contributed by atoms with Crippen molar-refractivity contribution >= 4 is 11.8 Å². The Labute approximate surface area is 173 Å². The summed E-state index contributed by atoms with van der Waals surface area (Å²) in [6.45, 7) is 2.58. The zero-order valence-corrected chi connectivity index (χ0v) is 16.7. The number of benzene rings is 2. The van der Waals surface area contributed by atoms with Crippen molar-refractivity contribution in [2.45, 2.75) is 26.2 Å². The zero-order valence-electron chi connectivity index (χ0n) is 16.7. The van der Waals surface area contributed by atoms with Crippen molar-refractivity contribution in [2.75, 3.05) is 13.1 Å². The zero-order chi connectivity index (χ0) is 21.3. The SMILES string of the molecule is Cc1ccc(-c2nnc(CCC(=O)NCCNC(=O)Cc3cccc(F)c3)o2)cc1. The van der Waals surface area contributed by atoms with Crippen molar-refractivity contribution in [3.8, 4) is 11.5 Å². The van der Waals surface area contributed by atoms with Gasteiger partial charge >= 0.3 is 0 Å². The Morgan fingerprint density at radius 2 is 1.73 bits per heavy atom. The Hall–Kier alpha value is -3.55. The van der Waals surface area contributed by atoms with E-state index in [1.165, 1.54) is 12.1 Å². The molecule has 0 radical (unpaired) electrons. The average molecular weight is 410 g/mol. The Balaban J connectivity index is 1.33. The molecule has 0 unspecified atom stereocenters. The van der Waals surface area contributed by atoms with Crippen molar-refractivity contribution in [3.05, 3.63) is 71.4 Å². The second-order valence-electron chi connectivity index (χ2n) is 6.87. The fourth-order valence-electron chi connectivity index (χ4n) is 2.77. The molecule has 3 aromatic rings. The third-order valence-corrected chi connectivity index (χ3v) is 4.35. The van der Waals surface area contributed by atoms with Crippen LogP contribution in [0.2, 0.25) is 0 Å². The van der Waals surface area contributed by atoms with E-state index < -0.39 is 0 Å². The van der Waals surface area contributed by atoms with Gasteiger partial charge in [-0.2, -0.15) is 0 Å². The standard InChI is InChI=1S/C22H23FN4O3/c1-15-5-7-17(8-6-15)22-27-26-21(30-22)10-9-19(28)24-11-12-25-20(29)14-16-3-2-4-18(23)13-16/h2-8,13H,9-12,14H2,1H3,(H,24,28)(H,25,29). The van der Waals surface area contributed by atoms with Gasteiger partial charge in [0.1, 0.15) is 5.82 Å². The quantitative estimate of drug-likeness (QED) is 0.529. The highest BCUT2D eigenvalue weighted by Crippen LogP contribution is 2.18. The molecule has 8 heteroatoms. The molecule has 2 amide bonds. The molecule has 0 bridgehead atoms. The van der Waals surface area contributed by atoms with Gasteiger partial charge in [-0.25, -0.2) is 4.39 Å². The Kier molecular flexibility index (Phi) is 7.26. The van der Waals surface area contributed by atoms with Crippen LogP contribution in [0.5, 0.6) is 0 Å². The van der Waals surface area contributed by atoms with Crippen molar-refractivity contribution in [3.63, 3.8) is 0 Å². The van der Waals surface area contributed by atoms with Crippen molar-refractivity contribution in [1.29, 1.82) is 0 Å². The normalized spacial score (nSPS) is 10.6. The molecule has 0 atom stereocenters. The molecule has 0 saturated carbocycles. The van der Waals surface area contributed by atoms with Gasteiger partial charge in [0, 0.05) is 31.5 Å². The van der Waals surface area contributed by atoms with Crippen LogP contribution in [-0.4, -0.2) is 35.1 Å². The topological polar surface area (TPSA) is 97.1 Å². The van der Waals surface area contributed by atoms with Gasteiger partial charge in [-0.3, -0.25) is 9.59 Å². The minimum absolute atomic E-state index is 0.0895. The molecule has 2 aromatic carbocycles. The monoisotopic (exact) mass is 410 g/mol. The van der Waals surface area contributed by atoms with Crippen LogP contribution in [0.15, 0.2) is 52.9 Å². The van der Waals surface area contributed by atoms with Crippen molar-refractivity contribution in [1.82, 2.24) is 20.8 Å². The van der Waals surface area contributed by atoms with Gasteiger partial charge in [0.05, 0.1) is 6.42 Å². The van der Waals surface area contributed by atoms with Crippen LogP contribution in [-0.2, 0) is 22.4 Å².